The molecule has 2 rings (SSSR count). The number of nitrogens with two attached hydrogens (primary N) is 1. The Bertz CT molecular complexity index is 758. The lowest BCUT2D eigenvalue weighted by molar-refractivity contribution is -0.137. The predicted molar refractivity (Wildman–Crippen MR) is 80.3 cm³/mol. The Labute approximate surface area is 128 Å². The molecule has 0 aliphatic rings. The van der Waals surface area contributed by atoms with Gasteiger partial charge in [-0.3, -0.25) is 9.59 Å². The number of nitrogens with one attached hydrogen (secondary N) is 1. The number of sulfonamides is 1. The van der Waals surface area contributed by atoms with E-state index in [1.54, 1.807) is 6.07 Å². The minimum absolute atomic E-state index is 0.00245. The summed E-state index contributed by atoms with van der Waals surface area (Å²) in [5.74, 6) is -1.21. The molecule has 21 heavy (non-hydrogen) atoms. The maximum atomic E-state index is 11.9. The molecule has 114 valence electrons. The summed E-state index contributed by atoms with van der Waals surface area (Å²) in [6.07, 6.45) is 0.355. The first-order valence-electron chi connectivity index (χ1n) is 5.83. The standard InChI is InChI=1S/C11H12N2O5S3/c12-21(17,18)9-5-6-4-7(19-11(6)20-9)10(16)13-3-1-2-8(14)15/h4-5H,1-3H2,(H,13,16)(H,14,15)(H2,12,17,18). The van der Waals surface area contributed by atoms with Gasteiger partial charge in [-0.05, 0) is 18.6 Å². The Morgan fingerprint density at radius 2 is 2.00 bits per heavy atom. The third kappa shape index (κ3) is 4.00. The normalized spacial score (nSPS) is 11.7. The molecule has 2 aromatic rings. The lowest BCUT2D eigenvalue weighted by Gasteiger charge is -2.01. The molecular weight excluding hydrogens is 336 g/mol. The second-order valence-electron chi connectivity index (χ2n) is 4.22. The zero-order valence-corrected chi connectivity index (χ0v) is 13.1. The minimum Gasteiger partial charge on any atom is -0.481 e. The summed E-state index contributed by atoms with van der Waals surface area (Å²) >= 11 is 2.20. The number of primary sulfonamides is 1. The molecule has 0 saturated carbocycles. The maximum absolute atomic E-state index is 11.9. The summed E-state index contributed by atoms with van der Waals surface area (Å²) in [5.41, 5.74) is 0. The smallest absolute Gasteiger partial charge is 0.303 e. The number of carbonyl (C=O) groups is 2. The van der Waals surface area contributed by atoms with Crippen LogP contribution in [0.15, 0.2) is 16.3 Å². The van der Waals surface area contributed by atoms with Gasteiger partial charge in [0.1, 0.15) is 4.21 Å². The van der Waals surface area contributed by atoms with Gasteiger partial charge in [0.2, 0.25) is 10.0 Å². The second kappa shape index (κ2) is 6.10. The van der Waals surface area contributed by atoms with E-state index in [2.05, 4.69) is 5.32 Å². The molecule has 0 radical (unpaired) electrons. The molecule has 2 heterocycles. The van der Waals surface area contributed by atoms with Crippen molar-refractivity contribution in [3.8, 4) is 0 Å². The van der Waals surface area contributed by atoms with Crippen molar-refractivity contribution in [3.63, 3.8) is 0 Å². The van der Waals surface area contributed by atoms with Crippen molar-refractivity contribution in [3.05, 3.63) is 17.0 Å². The number of carbonyl (C=O) groups excluding carboxylic acids is 1. The topological polar surface area (TPSA) is 127 Å². The van der Waals surface area contributed by atoms with Crippen LogP contribution < -0.4 is 10.5 Å². The van der Waals surface area contributed by atoms with Crippen molar-refractivity contribution < 1.29 is 23.1 Å². The number of carboxylic acids is 1. The van der Waals surface area contributed by atoms with Crippen molar-refractivity contribution in [2.24, 2.45) is 5.14 Å². The number of amides is 1. The predicted octanol–water partition coefficient (Wildman–Crippen LogP) is 1.20. The van der Waals surface area contributed by atoms with Crippen molar-refractivity contribution >= 4 is 54.0 Å². The van der Waals surface area contributed by atoms with E-state index >= 15 is 0 Å². The largest absolute Gasteiger partial charge is 0.481 e. The number of hydrogen-bond donors (Lipinski definition) is 3. The molecule has 0 spiro atoms. The zero-order chi connectivity index (χ0) is 15.6. The number of fused-ring (bicyclic) bond motifs is 1. The van der Waals surface area contributed by atoms with E-state index in [1.165, 1.54) is 17.4 Å². The molecular formula is C11H12N2O5S3. The molecule has 0 saturated heterocycles. The van der Waals surface area contributed by atoms with E-state index < -0.39 is 16.0 Å². The summed E-state index contributed by atoms with van der Waals surface area (Å²) in [5, 5.41) is 16.8. The molecule has 0 fully saturated rings. The highest BCUT2D eigenvalue weighted by atomic mass is 32.2. The summed E-state index contributed by atoms with van der Waals surface area (Å²) in [7, 11) is -3.72. The van der Waals surface area contributed by atoms with Gasteiger partial charge < -0.3 is 10.4 Å². The fourth-order valence-corrected chi connectivity index (χ4v) is 4.86. The fourth-order valence-electron chi connectivity index (χ4n) is 1.60. The molecule has 2 aromatic heterocycles. The maximum Gasteiger partial charge on any atom is 0.303 e. The first-order valence-corrected chi connectivity index (χ1v) is 9.01. The first-order chi connectivity index (χ1) is 9.77. The van der Waals surface area contributed by atoms with Crippen LogP contribution in [0.1, 0.15) is 22.5 Å². The molecule has 0 aliphatic heterocycles. The number of aliphatic carboxylic acids is 1. The fraction of sp³-hybridized carbons (Fsp3) is 0.273. The van der Waals surface area contributed by atoms with Gasteiger partial charge in [0.05, 0.1) is 8.89 Å². The Kier molecular flexibility index (Phi) is 4.61. The average Bonchev–Trinajstić information content (AvgIpc) is 2.91. The number of hydrogen-bond acceptors (Lipinski definition) is 6. The monoisotopic (exact) mass is 348 g/mol. The van der Waals surface area contributed by atoms with Crippen LogP contribution in [0.2, 0.25) is 0 Å². The lowest BCUT2D eigenvalue weighted by Crippen LogP contribution is -2.23. The third-order valence-electron chi connectivity index (χ3n) is 2.55. The average molecular weight is 348 g/mol. The van der Waals surface area contributed by atoms with Gasteiger partial charge in [-0.25, -0.2) is 13.6 Å². The quantitative estimate of drug-likeness (QED) is 0.676. The summed E-state index contributed by atoms with van der Waals surface area (Å²) < 4.78 is 23.2. The Balaban J connectivity index is 2.04. The second-order valence-corrected chi connectivity index (χ2v) is 8.37. The van der Waals surface area contributed by atoms with Crippen LogP contribution in [0.3, 0.4) is 0 Å². The molecule has 0 aliphatic carbocycles. The Hall–Kier alpha value is -1.49. The van der Waals surface area contributed by atoms with Gasteiger partial charge in [0.15, 0.2) is 0 Å². The van der Waals surface area contributed by atoms with Crippen LogP contribution in [0.5, 0.6) is 0 Å². The van der Waals surface area contributed by atoms with Gasteiger partial charge in [0, 0.05) is 18.4 Å². The van der Waals surface area contributed by atoms with Crippen LogP contribution in [-0.2, 0) is 14.8 Å². The first kappa shape index (κ1) is 15.9. The van der Waals surface area contributed by atoms with E-state index in [-0.39, 0.29) is 23.1 Å². The van der Waals surface area contributed by atoms with Crippen LogP contribution in [-0.4, -0.2) is 31.9 Å². The molecule has 1 amide bonds. The van der Waals surface area contributed by atoms with Crippen molar-refractivity contribution in [2.45, 2.75) is 17.1 Å². The highest BCUT2D eigenvalue weighted by Gasteiger charge is 2.17. The van der Waals surface area contributed by atoms with Gasteiger partial charge >= 0.3 is 5.97 Å². The van der Waals surface area contributed by atoms with Gasteiger partial charge in [-0.1, -0.05) is 0 Å². The van der Waals surface area contributed by atoms with Crippen LogP contribution in [0.25, 0.3) is 9.40 Å². The summed E-state index contributed by atoms with van der Waals surface area (Å²) in [6, 6.07) is 3.03. The highest BCUT2D eigenvalue weighted by Crippen LogP contribution is 2.35. The molecule has 0 aromatic carbocycles. The summed E-state index contributed by atoms with van der Waals surface area (Å²) in [6.45, 7) is 0.277. The molecule has 7 nitrogen and oxygen atoms in total. The SMILES string of the molecule is NS(=O)(=O)c1cc2cc(C(=O)NCCCC(=O)O)sc2s1. The van der Waals surface area contributed by atoms with Gasteiger partial charge in [-0.15, -0.1) is 22.7 Å². The van der Waals surface area contributed by atoms with Crippen LogP contribution >= 0.6 is 22.7 Å². The third-order valence-corrected chi connectivity index (χ3v) is 6.36. The lowest BCUT2D eigenvalue weighted by atomic mass is 10.3. The Morgan fingerprint density at radius 1 is 1.29 bits per heavy atom. The van der Waals surface area contributed by atoms with Crippen LogP contribution in [0.4, 0.5) is 0 Å². The van der Waals surface area contributed by atoms with E-state index in [0.717, 1.165) is 11.3 Å². The molecule has 4 N–H and O–H groups in total. The van der Waals surface area contributed by atoms with E-state index in [0.29, 0.717) is 20.7 Å². The highest BCUT2D eigenvalue weighted by molar-refractivity contribution is 7.91. The summed E-state index contributed by atoms with van der Waals surface area (Å²) in [4.78, 5) is 22.6. The molecule has 10 heteroatoms. The van der Waals surface area contributed by atoms with E-state index in [1.807, 2.05) is 0 Å². The zero-order valence-electron chi connectivity index (χ0n) is 10.7. The number of thiophene rings is 2. The van der Waals surface area contributed by atoms with Gasteiger partial charge in [0.25, 0.3) is 5.91 Å². The minimum atomic E-state index is -3.72. The van der Waals surface area contributed by atoms with E-state index in [9.17, 15) is 18.0 Å². The number of carboxylic acid groups (broad SMARTS) is 1. The molecule has 0 bridgehead atoms. The van der Waals surface area contributed by atoms with Crippen molar-refractivity contribution in [2.75, 3.05) is 6.54 Å². The van der Waals surface area contributed by atoms with Crippen molar-refractivity contribution in [1.82, 2.24) is 5.32 Å². The molecule has 0 unspecified atom stereocenters. The Morgan fingerprint density at radius 3 is 2.57 bits per heavy atom. The van der Waals surface area contributed by atoms with E-state index in [4.69, 9.17) is 10.2 Å². The van der Waals surface area contributed by atoms with Crippen molar-refractivity contribution in [1.29, 1.82) is 0 Å². The number of rotatable bonds is 6. The molecule has 0 atom stereocenters. The van der Waals surface area contributed by atoms with Gasteiger partial charge in [-0.2, -0.15) is 0 Å². The van der Waals surface area contributed by atoms with Crippen LogP contribution in [0, 0.1) is 0 Å².